The molecule has 3 aromatic carbocycles. The van der Waals surface area contributed by atoms with Crippen molar-refractivity contribution in [3.63, 3.8) is 0 Å². The summed E-state index contributed by atoms with van der Waals surface area (Å²) in [6.45, 7) is 2.29. The van der Waals surface area contributed by atoms with Crippen LogP contribution < -0.4 is 14.4 Å². The molecule has 1 aliphatic rings. The number of carbonyl (C=O) groups excluding carboxylic acids is 2. The van der Waals surface area contributed by atoms with Crippen LogP contribution in [0.2, 0.25) is 0 Å². The van der Waals surface area contributed by atoms with Crippen molar-refractivity contribution >= 4 is 17.5 Å². The van der Waals surface area contributed by atoms with Crippen LogP contribution >= 0.6 is 0 Å². The number of ether oxygens (including phenoxy) is 2. The van der Waals surface area contributed by atoms with Crippen molar-refractivity contribution in [1.82, 2.24) is 9.47 Å². The average molecular weight is 542 g/mol. The van der Waals surface area contributed by atoms with E-state index in [0.717, 1.165) is 35.5 Å². The van der Waals surface area contributed by atoms with E-state index in [4.69, 9.17) is 9.47 Å². The number of methoxy groups -OCH3 is 2. The fourth-order valence-corrected chi connectivity index (χ4v) is 5.22. The second kappa shape index (κ2) is 11.7. The number of benzene rings is 3. The standard InChI is InChI=1S/C32H32FN3O4/c1-4-5-18-34(32(38)22-12-14-23(33)15-13-22)21-30(37)36-27-10-7-6-9-26(27)35-19-8-11-28(35)31(36)25-20-24(39-2)16-17-29(25)40-3/h6-17,19-20,31H,4-5,18,21H2,1-3H3. The highest BCUT2D eigenvalue weighted by Crippen LogP contribution is 2.45. The highest BCUT2D eigenvalue weighted by atomic mass is 19.1. The normalized spacial score (nSPS) is 13.8. The molecule has 1 atom stereocenters. The van der Waals surface area contributed by atoms with Crippen LogP contribution in [-0.2, 0) is 4.79 Å². The zero-order valence-corrected chi connectivity index (χ0v) is 22.8. The molecule has 0 spiro atoms. The smallest absolute Gasteiger partial charge is 0.254 e. The Balaban J connectivity index is 1.60. The Kier molecular flexibility index (Phi) is 7.86. The first-order chi connectivity index (χ1) is 19.5. The van der Waals surface area contributed by atoms with Crippen molar-refractivity contribution in [1.29, 1.82) is 0 Å². The zero-order chi connectivity index (χ0) is 28.2. The lowest BCUT2D eigenvalue weighted by Crippen LogP contribution is -2.47. The van der Waals surface area contributed by atoms with Crippen LogP contribution in [0.15, 0.2) is 85.1 Å². The number of fused-ring (bicyclic) bond motifs is 3. The number of halogens is 1. The molecule has 0 N–H and O–H groups in total. The second-order valence-electron chi connectivity index (χ2n) is 9.65. The predicted octanol–water partition coefficient (Wildman–Crippen LogP) is 6.01. The number of hydrogen-bond acceptors (Lipinski definition) is 4. The van der Waals surface area contributed by atoms with E-state index < -0.39 is 11.9 Å². The summed E-state index contributed by atoms with van der Waals surface area (Å²) >= 11 is 0. The Morgan fingerprint density at radius 1 is 0.925 bits per heavy atom. The number of unbranched alkanes of at least 4 members (excludes halogenated alkanes) is 1. The van der Waals surface area contributed by atoms with E-state index in [0.29, 0.717) is 23.6 Å². The number of hydrogen-bond donors (Lipinski definition) is 0. The van der Waals surface area contributed by atoms with Gasteiger partial charge >= 0.3 is 0 Å². The summed E-state index contributed by atoms with van der Waals surface area (Å²) in [4.78, 5) is 31.2. The van der Waals surface area contributed by atoms with Crippen LogP contribution in [0.1, 0.15) is 47.4 Å². The number of amides is 2. The Labute approximate surface area is 233 Å². The lowest BCUT2D eigenvalue weighted by atomic mass is 9.96. The number of aromatic nitrogens is 1. The summed E-state index contributed by atoms with van der Waals surface area (Å²) in [5.41, 5.74) is 3.55. The third kappa shape index (κ3) is 5.04. The number of para-hydroxylation sites is 2. The highest BCUT2D eigenvalue weighted by molar-refractivity contribution is 6.02. The summed E-state index contributed by atoms with van der Waals surface area (Å²) < 4.78 is 26.9. The van der Waals surface area contributed by atoms with Crippen LogP contribution in [0.4, 0.5) is 10.1 Å². The molecule has 4 aromatic rings. The molecule has 1 unspecified atom stereocenters. The van der Waals surface area contributed by atoms with Gasteiger partial charge in [-0.3, -0.25) is 14.5 Å². The van der Waals surface area contributed by atoms with Gasteiger partial charge in [-0.25, -0.2) is 4.39 Å². The van der Waals surface area contributed by atoms with Crippen molar-refractivity contribution < 1.29 is 23.5 Å². The van der Waals surface area contributed by atoms with Crippen molar-refractivity contribution in [2.24, 2.45) is 0 Å². The minimum absolute atomic E-state index is 0.145. The highest BCUT2D eigenvalue weighted by Gasteiger charge is 2.38. The Hall–Kier alpha value is -4.59. The molecule has 0 saturated heterocycles. The van der Waals surface area contributed by atoms with Crippen LogP contribution in [0.5, 0.6) is 11.5 Å². The third-order valence-corrected chi connectivity index (χ3v) is 7.21. The largest absolute Gasteiger partial charge is 0.497 e. The lowest BCUT2D eigenvalue weighted by Gasteiger charge is -2.40. The molecular weight excluding hydrogens is 509 g/mol. The molecule has 206 valence electrons. The van der Waals surface area contributed by atoms with Gasteiger partial charge in [-0.05, 0) is 73.2 Å². The first kappa shape index (κ1) is 27.0. The lowest BCUT2D eigenvalue weighted by molar-refractivity contribution is -0.119. The molecule has 1 aliphatic heterocycles. The predicted molar refractivity (Wildman–Crippen MR) is 152 cm³/mol. The van der Waals surface area contributed by atoms with E-state index in [2.05, 4.69) is 4.57 Å². The maximum atomic E-state index is 14.4. The van der Waals surface area contributed by atoms with E-state index in [1.165, 1.54) is 24.3 Å². The molecule has 2 amide bonds. The van der Waals surface area contributed by atoms with Gasteiger partial charge in [0.25, 0.3) is 5.91 Å². The molecule has 0 saturated carbocycles. The second-order valence-corrected chi connectivity index (χ2v) is 9.65. The first-order valence-corrected chi connectivity index (χ1v) is 13.3. The Morgan fingerprint density at radius 3 is 2.38 bits per heavy atom. The van der Waals surface area contributed by atoms with Crippen molar-refractivity contribution in [2.45, 2.75) is 25.8 Å². The average Bonchev–Trinajstić information content (AvgIpc) is 3.48. The van der Waals surface area contributed by atoms with Gasteiger partial charge < -0.3 is 18.9 Å². The molecule has 0 aliphatic carbocycles. The van der Waals surface area contributed by atoms with Gasteiger partial charge in [-0.15, -0.1) is 0 Å². The molecule has 2 heterocycles. The van der Waals surface area contributed by atoms with Gasteiger partial charge in [0.1, 0.15) is 29.9 Å². The number of rotatable bonds is 9. The fourth-order valence-electron chi connectivity index (χ4n) is 5.22. The molecule has 0 bridgehead atoms. The summed E-state index contributed by atoms with van der Waals surface area (Å²) in [5, 5.41) is 0. The molecule has 40 heavy (non-hydrogen) atoms. The van der Waals surface area contributed by atoms with Crippen molar-refractivity contribution in [2.75, 3.05) is 32.2 Å². The molecule has 5 rings (SSSR count). The van der Waals surface area contributed by atoms with E-state index in [1.807, 2.05) is 67.7 Å². The molecule has 0 fully saturated rings. The molecule has 7 nitrogen and oxygen atoms in total. The van der Waals surface area contributed by atoms with Crippen LogP contribution in [0.3, 0.4) is 0 Å². The maximum absolute atomic E-state index is 14.4. The number of anilines is 1. The van der Waals surface area contributed by atoms with Gasteiger partial charge in [0.05, 0.1) is 31.3 Å². The Bertz CT molecular complexity index is 1510. The van der Waals surface area contributed by atoms with E-state index in [9.17, 15) is 14.0 Å². The topological polar surface area (TPSA) is 64.0 Å². The van der Waals surface area contributed by atoms with Gasteiger partial charge in [0, 0.05) is 23.9 Å². The van der Waals surface area contributed by atoms with Crippen LogP contribution in [0.25, 0.3) is 5.69 Å². The van der Waals surface area contributed by atoms with Crippen LogP contribution in [-0.4, -0.2) is 48.6 Å². The van der Waals surface area contributed by atoms with Crippen LogP contribution in [0, 0.1) is 5.82 Å². The number of nitrogens with zero attached hydrogens (tertiary/aromatic N) is 3. The van der Waals surface area contributed by atoms with E-state index >= 15 is 0 Å². The molecule has 8 heteroatoms. The summed E-state index contributed by atoms with van der Waals surface area (Å²) in [6.07, 6.45) is 3.55. The third-order valence-electron chi connectivity index (χ3n) is 7.21. The van der Waals surface area contributed by atoms with Gasteiger partial charge in [0.2, 0.25) is 5.91 Å². The summed E-state index contributed by atoms with van der Waals surface area (Å²) in [5.74, 6) is 0.264. The quantitative estimate of drug-likeness (QED) is 0.260. The van der Waals surface area contributed by atoms with Gasteiger partial charge in [-0.1, -0.05) is 25.5 Å². The minimum atomic E-state index is -0.545. The van der Waals surface area contributed by atoms with Crippen molar-refractivity contribution in [3.05, 3.63) is 108 Å². The maximum Gasteiger partial charge on any atom is 0.254 e. The summed E-state index contributed by atoms with van der Waals surface area (Å²) in [6, 6.07) is 22.0. The molecule has 0 radical (unpaired) electrons. The van der Waals surface area contributed by atoms with Gasteiger partial charge in [0.15, 0.2) is 0 Å². The first-order valence-electron chi connectivity index (χ1n) is 13.3. The molecule has 1 aromatic heterocycles. The van der Waals surface area contributed by atoms with Crippen molar-refractivity contribution in [3.8, 4) is 17.2 Å². The zero-order valence-electron chi connectivity index (χ0n) is 22.8. The summed E-state index contributed by atoms with van der Waals surface area (Å²) in [7, 11) is 3.20. The minimum Gasteiger partial charge on any atom is -0.497 e. The fraction of sp³-hybridized carbons (Fsp3) is 0.250. The number of carbonyl (C=O) groups is 2. The molecular formula is C32H32FN3O4. The Morgan fingerprint density at radius 2 is 1.68 bits per heavy atom. The monoisotopic (exact) mass is 541 g/mol. The van der Waals surface area contributed by atoms with E-state index in [-0.39, 0.29) is 18.4 Å². The van der Waals surface area contributed by atoms with E-state index in [1.54, 1.807) is 24.0 Å². The van der Waals surface area contributed by atoms with Gasteiger partial charge in [-0.2, -0.15) is 0 Å². The SMILES string of the molecule is CCCCN(CC(=O)N1c2ccccc2-n2cccc2C1c1cc(OC)ccc1OC)C(=O)c1ccc(F)cc1.